The highest BCUT2D eigenvalue weighted by atomic mass is 35.5. The van der Waals surface area contributed by atoms with Crippen molar-refractivity contribution in [2.45, 2.75) is 12.3 Å². The van der Waals surface area contributed by atoms with Gasteiger partial charge in [-0.25, -0.2) is 8.78 Å². The van der Waals surface area contributed by atoms with Crippen LogP contribution in [-0.4, -0.2) is 39.3 Å². The molecule has 7 heteroatoms. The van der Waals surface area contributed by atoms with Crippen LogP contribution >= 0.6 is 12.4 Å². The van der Waals surface area contributed by atoms with Gasteiger partial charge in [-0.1, -0.05) is 6.07 Å². The number of carbonyl (C=O) groups excluding carboxylic acids is 1. The standard InChI is InChI=1S/C15H20F2N2O2.ClH/c1-21-7-6-18-4-5-19-15(20)12-9-11(12)10-2-3-13(16)14(17)8-10;/h2-3,8,11-12,18H,4-7,9H2,1H3,(H,19,20);1H. The van der Waals surface area contributed by atoms with Crippen LogP contribution in [0.15, 0.2) is 18.2 Å². The highest BCUT2D eigenvalue weighted by molar-refractivity contribution is 5.85. The van der Waals surface area contributed by atoms with Gasteiger partial charge in [0, 0.05) is 32.7 Å². The maximum atomic E-state index is 13.2. The van der Waals surface area contributed by atoms with Crippen LogP contribution in [0.2, 0.25) is 0 Å². The first-order valence-electron chi connectivity index (χ1n) is 7.05. The summed E-state index contributed by atoms with van der Waals surface area (Å²) in [6, 6.07) is 3.83. The molecule has 124 valence electrons. The Labute approximate surface area is 135 Å². The zero-order valence-corrected chi connectivity index (χ0v) is 13.2. The molecule has 0 bridgehead atoms. The van der Waals surface area contributed by atoms with E-state index in [4.69, 9.17) is 4.74 Å². The lowest BCUT2D eigenvalue weighted by Crippen LogP contribution is -2.34. The topological polar surface area (TPSA) is 50.4 Å². The molecule has 1 saturated carbocycles. The third-order valence-corrected chi connectivity index (χ3v) is 3.58. The lowest BCUT2D eigenvalue weighted by Gasteiger charge is -2.06. The van der Waals surface area contributed by atoms with Crippen molar-refractivity contribution in [3.8, 4) is 0 Å². The van der Waals surface area contributed by atoms with Gasteiger partial charge in [0.2, 0.25) is 5.91 Å². The summed E-state index contributed by atoms with van der Waals surface area (Å²) in [5.74, 6) is -1.88. The molecule has 2 atom stereocenters. The molecule has 2 unspecified atom stereocenters. The van der Waals surface area contributed by atoms with Crippen LogP contribution in [0.4, 0.5) is 8.78 Å². The second-order valence-electron chi connectivity index (χ2n) is 5.16. The molecule has 0 aromatic heterocycles. The summed E-state index contributed by atoms with van der Waals surface area (Å²) in [7, 11) is 1.63. The quantitative estimate of drug-likeness (QED) is 0.713. The van der Waals surface area contributed by atoms with Crippen molar-refractivity contribution < 1.29 is 18.3 Å². The maximum Gasteiger partial charge on any atom is 0.223 e. The molecule has 0 saturated heterocycles. The van der Waals surface area contributed by atoms with Gasteiger partial charge < -0.3 is 15.4 Å². The third kappa shape index (κ3) is 5.19. The van der Waals surface area contributed by atoms with Crippen molar-refractivity contribution in [2.75, 3.05) is 33.4 Å². The van der Waals surface area contributed by atoms with Gasteiger partial charge in [-0.3, -0.25) is 4.79 Å². The molecule has 2 rings (SSSR count). The number of amides is 1. The third-order valence-electron chi connectivity index (χ3n) is 3.58. The van der Waals surface area contributed by atoms with E-state index >= 15 is 0 Å². The average Bonchev–Trinajstić information content (AvgIpc) is 3.26. The Morgan fingerprint density at radius 2 is 2.05 bits per heavy atom. The number of carbonyl (C=O) groups is 1. The smallest absolute Gasteiger partial charge is 0.223 e. The zero-order chi connectivity index (χ0) is 15.2. The van der Waals surface area contributed by atoms with Gasteiger partial charge in [0.25, 0.3) is 0 Å². The maximum absolute atomic E-state index is 13.2. The van der Waals surface area contributed by atoms with E-state index in [0.29, 0.717) is 31.7 Å². The second-order valence-corrected chi connectivity index (χ2v) is 5.16. The molecule has 22 heavy (non-hydrogen) atoms. The molecule has 1 fully saturated rings. The number of nitrogens with one attached hydrogen (secondary N) is 2. The summed E-state index contributed by atoms with van der Waals surface area (Å²) in [6.07, 6.45) is 0.689. The Morgan fingerprint density at radius 3 is 2.73 bits per heavy atom. The van der Waals surface area contributed by atoms with Crippen molar-refractivity contribution in [2.24, 2.45) is 5.92 Å². The van der Waals surface area contributed by atoms with E-state index in [1.165, 1.54) is 6.07 Å². The van der Waals surface area contributed by atoms with Gasteiger partial charge in [-0.05, 0) is 30.0 Å². The van der Waals surface area contributed by atoms with Crippen LogP contribution in [-0.2, 0) is 9.53 Å². The molecule has 1 aliphatic rings. The molecule has 1 aromatic rings. The van der Waals surface area contributed by atoms with E-state index in [0.717, 1.165) is 12.6 Å². The Morgan fingerprint density at radius 1 is 1.27 bits per heavy atom. The number of hydrogen-bond donors (Lipinski definition) is 2. The van der Waals surface area contributed by atoms with Gasteiger partial charge in [0.05, 0.1) is 6.61 Å². The number of halogens is 3. The second kappa shape index (κ2) is 9.02. The summed E-state index contributed by atoms with van der Waals surface area (Å²) in [4.78, 5) is 11.9. The molecular weight excluding hydrogens is 314 g/mol. The van der Waals surface area contributed by atoms with Crippen molar-refractivity contribution in [3.05, 3.63) is 35.4 Å². The minimum atomic E-state index is -0.860. The lowest BCUT2D eigenvalue weighted by molar-refractivity contribution is -0.122. The SMILES string of the molecule is COCCNCCNC(=O)C1CC1c1ccc(F)c(F)c1.Cl. The van der Waals surface area contributed by atoms with Crippen LogP contribution < -0.4 is 10.6 Å². The molecule has 1 aromatic carbocycles. The summed E-state index contributed by atoms with van der Waals surface area (Å²) >= 11 is 0. The number of hydrogen-bond acceptors (Lipinski definition) is 3. The predicted molar refractivity (Wildman–Crippen MR) is 82.2 cm³/mol. The van der Waals surface area contributed by atoms with E-state index in [-0.39, 0.29) is 30.2 Å². The fourth-order valence-electron chi connectivity index (χ4n) is 2.30. The first kappa shape index (κ1) is 18.8. The van der Waals surface area contributed by atoms with Crippen LogP contribution in [0.1, 0.15) is 17.9 Å². The highest BCUT2D eigenvalue weighted by Gasteiger charge is 2.43. The molecule has 0 spiro atoms. The van der Waals surface area contributed by atoms with E-state index in [9.17, 15) is 13.6 Å². The summed E-state index contributed by atoms with van der Waals surface area (Å²) in [6.45, 7) is 2.60. The molecule has 0 aliphatic heterocycles. The van der Waals surface area contributed by atoms with Crippen molar-refractivity contribution in [1.82, 2.24) is 10.6 Å². The molecule has 2 N–H and O–H groups in total. The molecule has 4 nitrogen and oxygen atoms in total. The van der Waals surface area contributed by atoms with Crippen LogP contribution in [0.5, 0.6) is 0 Å². The fourth-order valence-corrected chi connectivity index (χ4v) is 2.30. The zero-order valence-electron chi connectivity index (χ0n) is 12.4. The first-order valence-corrected chi connectivity index (χ1v) is 7.05. The van der Waals surface area contributed by atoms with Gasteiger partial charge >= 0.3 is 0 Å². The minimum absolute atomic E-state index is 0. The summed E-state index contributed by atoms with van der Waals surface area (Å²) < 4.78 is 30.9. The van der Waals surface area contributed by atoms with Crippen molar-refractivity contribution in [3.63, 3.8) is 0 Å². The van der Waals surface area contributed by atoms with Crippen molar-refractivity contribution >= 4 is 18.3 Å². The van der Waals surface area contributed by atoms with E-state index in [1.807, 2.05) is 0 Å². The number of rotatable bonds is 8. The number of ether oxygens (including phenoxy) is 1. The van der Waals surface area contributed by atoms with Gasteiger partial charge in [-0.15, -0.1) is 12.4 Å². The summed E-state index contributed by atoms with van der Waals surface area (Å²) in [5.41, 5.74) is 0.687. The number of benzene rings is 1. The molecule has 0 heterocycles. The highest BCUT2D eigenvalue weighted by Crippen LogP contribution is 2.47. The monoisotopic (exact) mass is 334 g/mol. The van der Waals surface area contributed by atoms with Crippen LogP contribution in [0.25, 0.3) is 0 Å². The van der Waals surface area contributed by atoms with E-state index in [2.05, 4.69) is 10.6 Å². The minimum Gasteiger partial charge on any atom is -0.383 e. The average molecular weight is 335 g/mol. The van der Waals surface area contributed by atoms with E-state index in [1.54, 1.807) is 13.2 Å². The Hall–Kier alpha value is -1.24. The normalized spacial score (nSPS) is 19.4. The first-order chi connectivity index (χ1) is 10.1. The predicted octanol–water partition coefficient (Wildman–Crippen LogP) is 1.84. The number of methoxy groups -OCH3 is 1. The molecule has 1 amide bonds. The van der Waals surface area contributed by atoms with Gasteiger partial charge in [-0.2, -0.15) is 0 Å². The fraction of sp³-hybridized carbons (Fsp3) is 0.533. The molecular formula is C15H21ClF2N2O2. The van der Waals surface area contributed by atoms with Gasteiger partial charge in [0.15, 0.2) is 11.6 Å². The van der Waals surface area contributed by atoms with Crippen LogP contribution in [0, 0.1) is 17.6 Å². The Balaban J connectivity index is 0.00000242. The molecule has 0 radical (unpaired) electrons. The van der Waals surface area contributed by atoms with E-state index < -0.39 is 11.6 Å². The van der Waals surface area contributed by atoms with Crippen LogP contribution in [0.3, 0.4) is 0 Å². The molecule has 1 aliphatic carbocycles. The van der Waals surface area contributed by atoms with Crippen molar-refractivity contribution in [1.29, 1.82) is 0 Å². The summed E-state index contributed by atoms with van der Waals surface area (Å²) in [5, 5.41) is 5.96. The Kier molecular flexibility index (Phi) is 7.72. The largest absolute Gasteiger partial charge is 0.383 e. The lowest BCUT2D eigenvalue weighted by atomic mass is 10.1. The Bertz CT molecular complexity index is 502. The van der Waals surface area contributed by atoms with Gasteiger partial charge in [0.1, 0.15) is 0 Å².